The molecule has 1 aliphatic heterocycles. The molecular formula is C16H14O2. The van der Waals surface area contributed by atoms with Crippen molar-refractivity contribution in [3.8, 4) is 11.1 Å². The van der Waals surface area contributed by atoms with Crippen molar-refractivity contribution in [3.05, 3.63) is 72.2 Å². The van der Waals surface area contributed by atoms with Gasteiger partial charge in [-0.1, -0.05) is 48.5 Å². The Balaban J connectivity index is 2.09. The molecule has 0 amide bonds. The largest absolute Gasteiger partial charge is 0.455 e. The predicted octanol–water partition coefficient (Wildman–Crippen LogP) is 4.18. The summed E-state index contributed by atoms with van der Waals surface area (Å²) in [4.78, 5) is 0. The first kappa shape index (κ1) is 10.9. The third kappa shape index (κ3) is 1.86. The fourth-order valence-electron chi connectivity index (χ4n) is 2.21. The van der Waals surface area contributed by atoms with Crippen molar-refractivity contribution in [1.82, 2.24) is 0 Å². The second-order valence-electron chi connectivity index (χ2n) is 4.28. The van der Waals surface area contributed by atoms with Gasteiger partial charge in [0.1, 0.15) is 12.5 Å². The lowest BCUT2D eigenvalue weighted by atomic mass is 9.96. The van der Waals surface area contributed by atoms with Crippen molar-refractivity contribution >= 4 is 0 Å². The van der Waals surface area contributed by atoms with Crippen LogP contribution in [0.25, 0.3) is 11.1 Å². The van der Waals surface area contributed by atoms with Crippen LogP contribution in [-0.4, -0.2) is 0 Å². The number of hydrogen-bond acceptors (Lipinski definition) is 2. The lowest BCUT2D eigenvalue weighted by Crippen LogP contribution is -2.00. The third-order valence-corrected chi connectivity index (χ3v) is 3.11. The molecule has 0 radical (unpaired) electrons. The highest BCUT2D eigenvalue weighted by Crippen LogP contribution is 2.34. The molecule has 0 fully saturated rings. The van der Waals surface area contributed by atoms with Crippen molar-refractivity contribution in [1.29, 1.82) is 0 Å². The summed E-state index contributed by atoms with van der Waals surface area (Å²) < 4.78 is 10.9. The van der Waals surface area contributed by atoms with Gasteiger partial charge in [0.25, 0.3) is 6.29 Å². The van der Waals surface area contributed by atoms with E-state index in [-0.39, 0.29) is 6.29 Å². The number of ether oxygens (including phenoxy) is 2. The Hall–Kier alpha value is -2.22. The molecule has 0 aromatic heterocycles. The standard InChI is InChI=1S/C16H14O2/c1-12-6-2-3-7-13(12)14-8-4-5-9-15(14)16-17-10-11-18-16/h2-11,16H,1H3. The molecule has 0 spiro atoms. The monoisotopic (exact) mass is 238 g/mol. The van der Waals surface area contributed by atoms with Gasteiger partial charge in [0.15, 0.2) is 0 Å². The summed E-state index contributed by atoms with van der Waals surface area (Å²) in [5.74, 6) is 0. The summed E-state index contributed by atoms with van der Waals surface area (Å²) in [6, 6.07) is 16.5. The fraction of sp³-hybridized carbons (Fsp3) is 0.125. The zero-order valence-corrected chi connectivity index (χ0v) is 10.2. The van der Waals surface area contributed by atoms with E-state index < -0.39 is 0 Å². The predicted molar refractivity (Wildman–Crippen MR) is 70.7 cm³/mol. The highest BCUT2D eigenvalue weighted by atomic mass is 16.7. The van der Waals surface area contributed by atoms with Gasteiger partial charge in [-0.25, -0.2) is 0 Å². The van der Waals surface area contributed by atoms with E-state index in [1.165, 1.54) is 11.1 Å². The summed E-state index contributed by atoms with van der Waals surface area (Å²) in [6.07, 6.45) is 2.83. The molecular weight excluding hydrogens is 224 g/mol. The maximum atomic E-state index is 5.44. The maximum absolute atomic E-state index is 5.44. The summed E-state index contributed by atoms with van der Waals surface area (Å²) in [5, 5.41) is 0. The fourth-order valence-corrected chi connectivity index (χ4v) is 2.21. The highest BCUT2D eigenvalue weighted by Gasteiger charge is 2.19. The van der Waals surface area contributed by atoms with Crippen LogP contribution in [0.4, 0.5) is 0 Å². The molecule has 0 saturated heterocycles. The van der Waals surface area contributed by atoms with Crippen LogP contribution in [0.1, 0.15) is 17.4 Å². The Bertz CT molecular complexity index is 579. The molecule has 2 aromatic rings. The zero-order valence-electron chi connectivity index (χ0n) is 10.2. The molecule has 2 aromatic carbocycles. The molecule has 0 saturated carbocycles. The van der Waals surface area contributed by atoms with Gasteiger partial charge < -0.3 is 9.47 Å². The molecule has 0 unspecified atom stereocenters. The van der Waals surface area contributed by atoms with E-state index in [1.807, 2.05) is 30.3 Å². The Labute approximate surface area is 106 Å². The van der Waals surface area contributed by atoms with E-state index in [1.54, 1.807) is 12.5 Å². The minimum atomic E-state index is -0.333. The van der Waals surface area contributed by atoms with E-state index in [2.05, 4.69) is 25.1 Å². The van der Waals surface area contributed by atoms with E-state index >= 15 is 0 Å². The van der Waals surface area contributed by atoms with E-state index in [9.17, 15) is 0 Å². The first-order chi connectivity index (χ1) is 8.86. The van der Waals surface area contributed by atoms with E-state index in [0.717, 1.165) is 11.1 Å². The smallest absolute Gasteiger partial charge is 0.266 e. The van der Waals surface area contributed by atoms with Gasteiger partial charge in [-0.2, -0.15) is 0 Å². The first-order valence-corrected chi connectivity index (χ1v) is 5.97. The van der Waals surface area contributed by atoms with Gasteiger partial charge in [0.05, 0.1) is 0 Å². The molecule has 0 bridgehead atoms. The average Bonchev–Trinajstić information content (AvgIpc) is 2.93. The Morgan fingerprint density at radius 1 is 0.778 bits per heavy atom. The van der Waals surface area contributed by atoms with Crippen LogP contribution in [0.3, 0.4) is 0 Å². The minimum Gasteiger partial charge on any atom is -0.455 e. The summed E-state index contributed by atoms with van der Waals surface area (Å²) in [5.41, 5.74) is 4.67. The van der Waals surface area contributed by atoms with Crippen LogP contribution in [0.2, 0.25) is 0 Å². The minimum absolute atomic E-state index is 0.333. The van der Waals surface area contributed by atoms with Crippen molar-refractivity contribution in [2.45, 2.75) is 13.2 Å². The molecule has 1 aliphatic rings. The van der Waals surface area contributed by atoms with Crippen molar-refractivity contribution < 1.29 is 9.47 Å². The topological polar surface area (TPSA) is 18.5 Å². The second-order valence-corrected chi connectivity index (χ2v) is 4.28. The van der Waals surface area contributed by atoms with Crippen molar-refractivity contribution in [2.75, 3.05) is 0 Å². The Morgan fingerprint density at radius 2 is 1.39 bits per heavy atom. The molecule has 2 heteroatoms. The Kier molecular flexibility index (Phi) is 2.77. The molecule has 0 N–H and O–H groups in total. The molecule has 3 rings (SSSR count). The van der Waals surface area contributed by atoms with Crippen LogP contribution in [-0.2, 0) is 9.47 Å². The van der Waals surface area contributed by atoms with Gasteiger partial charge in [-0.05, 0) is 23.6 Å². The average molecular weight is 238 g/mol. The van der Waals surface area contributed by atoms with Crippen LogP contribution >= 0.6 is 0 Å². The third-order valence-electron chi connectivity index (χ3n) is 3.11. The van der Waals surface area contributed by atoms with Gasteiger partial charge in [-0.3, -0.25) is 0 Å². The molecule has 1 heterocycles. The number of hydrogen-bond donors (Lipinski definition) is 0. The Morgan fingerprint density at radius 3 is 2.11 bits per heavy atom. The SMILES string of the molecule is Cc1ccccc1-c1ccccc1C1OC=CO1. The molecule has 90 valence electrons. The lowest BCUT2D eigenvalue weighted by molar-refractivity contribution is -0.0241. The summed E-state index contributed by atoms with van der Waals surface area (Å²) in [7, 11) is 0. The van der Waals surface area contributed by atoms with Crippen molar-refractivity contribution in [3.63, 3.8) is 0 Å². The van der Waals surface area contributed by atoms with Crippen LogP contribution < -0.4 is 0 Å². The second kappa shape index (κ2) is 4.57. The number of benzene rings is 2. The van der Waals surface area contributed by atoms with Gasteiger partial charge in [-0.15, -0.1) is 0 Å². The molecule has 0 atom stereocenters. The lowest BCUT2D eigenvalue weighted by Gasteiger charge is -2.16. The van der Waals surface area contributed by atoms with Crippen LogP contribution in [0.15, 0.2) is 61.1 Å². The van der Waals surface area contributed by atoms with Crippen LogP contribution in [0.5, 0.6) is 0 Å². The molecule has 18 heavy (non-hydrogen) atoms. The zero-order chi connectivity index (χ0) is 12.4. The van der Waals surface area contributed by atoms with E-state index in [0.29, 0.717) is 0 Å². The highest BCUT2D eigenvalue weighted by molar-refractivity contribution is 5.70. The maximum Gasteiger partial charge on any atom is 0.266 e. The van der Waals surface area contributed by atoms with Gasteiger partial charge in [0.2, 0.25) is 0 Å². The van der Waals surface area contributed by atoms with Crippen molar-refractivity contribution in [2.24, 2.45) is 0 Å². The summed E-state index contributed by atoms with van der Waals surface area (Å²) >= 11 is 0. The normalized spacial score (nSPS) is 14.3. The number of rotatable bonds is 2. The van der Waals surface area contributed by atoms with Gasteiger partial charge in [0, 0.05) is 5.56 Å². The first-order valence-electron chi connectivity index (χ1n) is 5.97. The van der Waals surface area contributed by atoms with Gasteiger partial charge >= 0.3 is 0 Å². The molecule has 2 nitrogen and oxygen atoms in total. The molecule has 0 aliphatic carbocycles. The van der Waals surface area contributed by atoms with Crippen LogP contribution in [0, 0.1) is 6.92 Å². The quantitative estimate of drug-likeness (QED) is 0.781. The number of aryl methyl sites for hydroxylation is 1. The van der Waals surface area contributed by atoms with E-state index in [4.69, 9.17) is 9.47 Å². The summed E-state index contributed by atoms with van der Waals surface area (Å²) in [6.45, 7) is 2.11.